The summed E-state index contributed by atoms with van der Waals surface area (Å²) < 4.78 is 5.48. The molecule has 0 aromatic rings. The van der Waals surface area contributed by atoms with Crippen LogP contribution in [0, 0.1) is 0 Å². The average molecular weight is 200 g/mol. The Labute approximate surface area is 88.0 Å². The minimum Gasteiger partial charge on any atom is -0.370 e. The van der Waals surface area contributed by atoms with E-state index in [9.17, 15) is 4.79 Å². The van der Waals surface area contributed by atoms with Gasteiger partial charge in [0.2, 0.25) is 0 Å². The summed E-state index contributed by atoms with van der Waals surface area (Å²) in [5.41, 5.74) is 0. The van der Waals surface area contributed by atoms with Crippen LogP contribution in [0.1, 0.15) is 59.3 Å². The van der Waals surface area contributed by atoms with Crippen LogP contribution in [-0.4, -0.2) is 18.5 Å². The molecule has 0 aliphatic rings. The second-order valence-electron chi connectivity index (χ2n) is 3.82. The third kappa shape index (κ3) is 7.07. The molecular weight excluding hydrogens is 176 g/mol. The second kappa shape index (κ2) is 9.20. The van der Waals surface area contributed by atoms with E-state index < -0.39 is 0 Å². The van der Waals surface area contributed by atoms with E-state index in [-0.39, 0.29) is 11.9 Å². The maximum Gasteiger partial charge on any atom is 0.158 e. The first-order chi connectivity index (χ1) is 6.72. The highest BCUT2D eigenvalue weighted by molar-refractivity contribution is 5.80. The van der Waals surface area contributed by atoms with Crippen molar-refractivity contribution < 1.29 is 9.53 Å². The number of ether oxygens (including phenoxy) is 1. The van der Waals surface area contributed by atoms with Crippen molar-refractivity contribution in [1.82, 2.24) is 0 Å². The van der Waals surface area contributed by atoms with Gasteiger partial charge in [-0.1, -0.05) is 39.5 Å². The number of hydrogen-bond acceptors (Lipinski definition) is 2. The van der Waals surface area contributed by atoms with Crippen LogP contribution in [0.3, 0.4) is 0 Å². The van der Waals surface area contributed by atoms with Crippen LogP contribution >= 0.6 is 0 Å². The molecule has 2 nitrogen and oxygen atoms in total. The molecule has 0 amide bonds. The van der Waals surface area contributed by atoms with Crippen molar-refractivity contribution in [2.45, 2.75) is 65.4 Å². The molecule has 0 aliphatic carbocycles. The normalized spacial score (nSPS) is 12.8. The summed E-state index contributed by atoms with van der Waals surface area (Å²) in [6.07, 6.45) is 6.57. The molecule has 0 N–H and O–H groups in total. The lowest BCUT2D eigenvalue weighted by atomic mass is 10.1. The summed E-state index contributed by atoms with van der Waals surface area (Å²) in [4.78, 5) is 11.2. The Hall–Kier alpha value is -0.370. The Bertz CT molecular complexity index is 143. The molecule has 14 heavy (non-hydrogen) atoms. The number of carbonyl (C=O) groups is 1. The average Bonchev–Trinajstić information content (AvgIpc) is 2.16. The van der Waals surface area contributed by atoms with Crippen molar-refractivity contribution in [1.29, 1.82) is 0 Å². The molecule has 0 spiro atoms. The van der Waals surface area contributed by atoms with Gasteiger partial charge in [0.25, 0.3) is 0 Å². The zero-order valence-electron chi connectivity index (χ0n) is 9.84. The molecule has 0 rings (SSSR count). The van der Waals surface area contributed by atoms with E-state index in [1.807, 2.05) is 0 Å². The third-order valence-corrected chi connectivity index (χ3v) is 2.30. The summed E-state index contributed by atoms with van der Waals surface area (Å²) in [6, 6.07) is 0. The van der Waals surface area contributed by atoms with E-state index >= 15 is 0 Å². The van der Waals surface area contributed by atoms with Gasteiger partial charge in [-0.15, -0.1) is 0 Å². The third-order valence-electron chi connectivity index (χ3n) is 2.30. The molecule has 0 bridgehead atoms. The Morgan fingerprint density at radius 2 is 1.86 bits per heavy atom. The van der Waals surface area contributed by atoms with E-state index in [1.54, 1.807) is 6.92 Å². The van der Waals surface area contributed by atoms with Crippen LogP contribution in [0.15, 0.2) is 0 Å². The van der Waals surface area contributed by atoms with Crippen LogP contribution in [-0.2, 0) is 9.53 Å². The predicted octanol–water partition coefficient (Wildman–Crippen LogP) is 3.34. The van der Waals surface area contributed by atoms with Crippen LogP contribution < -0.4 is 0 Å². The number of Topliss-reactive ketones (excluding diaryl/α,β-unsaturated/α-hetero) is 1. The molecule has 84 valence electrons. The van der Waals surface area contributed by atoms with Gasteiger partial charge in [0.15, 0.2) is 5.78 Å². The van der Waals surface area contributed by atoms with Gasteiger partial charge in [0.1, 0.15) is 6.10 Å². The van der Waals surface area contributed by atoms with Crippen LogP contribution in [0.5, 0.6) is 0 Å². The molecule has 1 atom stereocenters. The summed E-state index contributed by atoms with van der Waals surface area (Å²) >= 11 is 0. The predicted molar refractivity (Wildman–Crippen MR) is 59.5 cm³/mol. The van der Waals surface area contributed by atoms with Crippen molar-refractivity contribution in [2.75, 3.05) is 6.61 Å². The molecule has 0 aliphatic heterocycles. The summed E-state index contributed by atoms with van der Waals surface area (Å²) in [5.74, 6) is 0.176. The van der Waals surface area contributed by atoms with Gasteiger partial charge >= 0.3 is 0 Å². The van der Waals surface area contributed by atoms with Crippen LogP contribution in [0.2, 0.25) is 0 Å². The SMILES string of the molecule is CCCCCCC(OCCC)C(C)=O. The van der Waals surface area contributed by atoms with E-state index in [1.165, 1.54) is 19.3 Å². The van der Waals surface area contributed by atoms with Gasteiger partial charge in [-0.3, -0.25) is 4.79 Å². The molecule has 0 radical (unpaired) electrons. The molecule has 0 heterocycles. The van der Waals surface area contributed by atoms with E-state index in [0.29, 0.717) is 6.61 Å². The molecule has 0 fully saturated rings. The van der Waals surface area contributed by atoms with Gasteiger partial charge in [0, 0.05) is 6.61 Å². The lowest BCUT2D eigenvalue weighted by Crippen LogP contribution is -2.22. The zero-order chi connectivity index (χ0) is 10.8. The fourth-order valence-corrected chi connectivity index (χ4v) is 1.42. The molecule has 2 heteroatoms. The van der Waals surface area contributed by atoms with E-state index in [2.05, 4.69) is 13.8 Å². The highest BCUT2D eigenvalue weighted by atomic mass is 16.5. The van der Waals surface area contributed by atoms with Crippen LogP contribution in [0.25, 0.3) is 0 Å². The minimum absolute atomic E-state index is 0.146. The van der Waals surface area contributed by atoms with E-state index in [0.717, 1.165) is 19.3 Å². The lowest BCUT2D eigenvalue weighted by Gasteiger charge is -2.14. The number of ketones is 1. The maximum absolute atomic E-state index is 11.2. The van der Waals surface area contributed by atoms with E-state index in [4.69, 9.17) is 4.74 Å². The number of unbranched alkanes of at least 4 members (excludes halogenated alkanes) is 3. The standard InChI is InChI=1S/C12H24O2/c1-4-6-7-8-9-12(11(3)13)14-10-5-2/h12H,4-10H2,1-3H3. The Morgan fingerprint density at radius 3 is 2.36 bits per heavy atom. The maximum atomic E-state index is 11.2. The van der Waals surface area contributed by atoms with Gasteiger partial charge in [-0.2, -0.15) is 0 Å². The monoisotopic (exact) mass is 200 g/mol. The summed E-state index contributed by atoms with van der Waals surface area (Å²) in [6.45, 7) is 6.59. The zero-order valence-corrected chi connectivity index (χ0v) is 9.84. The topological polar surface area (TPSA) is 26.3 Å². The smallest absolute Gasteiger partial charge is 0.158 e. The number of hydrogen-bond donors (Lipinski definition) is 0. The van der Waals surface area contributed by atoms with Crippen LogP contribution in [0.4, 0.5) is 0 Å². The molecule has 0 saturated heterocycles. The molecule has 0 aromatic carbocycles. The van der Waals surface area contributed by atoms with Crippen molar-refractivity contribution in [3.63, 3.8) is 0 Å². The number of rotatable bonds is 9. The fourth-order valence-electron chi connectivity index (χ4n) is 1.42. The van der Waals surface area contributed by atoms with Gasteiger partial charge in [-0.05, 0) is 19.8 Å². The Morgan fingerprint density at radius 1 is 1.14 bits per heavy atom. The Balaban J connectivity index is 3.57. The summed E-state index contributed by atoms with van der Waals surface area (Å²) in [7, 11) is 0. The van der Waals surface area contributed by atoms with Crippen molar-refractivity contribution in [3.8, 4) is 0 Å². The van der Waals surface area contributed by atoms with Crippen molar-refractivity contribution >= 4 is 5.78 Å². The summed E-state index contributed by atoms with van der Waals surface area (Å²) in [5, 5.41) is 0. The van der Waals surface area contributed by atoms with Gasteiger partial charge < -0.3 is 4.74 Å². The largest absolute Gasteiger partial charge is 0.370 e. The highest BCUT2D eigenvalue weighted by Gasteiger charge is 2.13. The van der Waals surface area contributed by atoms with Crippen molar-refractivity contribution in [2.24, 2.45) is 0 Å². The fraction of sp³-hybridized carbons (Fsp3) is 0.917. The molecule has 1 unspecified atom stereocenters. The first-order valence-electron chi connectivity index (χ1n) is 5.84. The van der Waals surface area contributed by atoms with Gasteiger partial charge in [-0.25, -0.2) is 0 Å². The quantitative estimate of drug-likeness (QED) is 0.534. The second-order valence-corrected chi connectivity index (χ2v) is 3.82. The minimum atomic E-state index is -0.146. The Kier molecular flexibility index (Phi) is 8.95. The molecule has 0 aromatic heterocycles. The van der Waals surface area contributed by atoms with Gasteiger partial charge in [0.05, 0.1) is 0 Å². The highest BCUT2D eigenvalue weighted by Crippen LogP contribution is 2.09. The molecule has 0 saturated carbocycles. The lowest BCUT2D eigenvalue weighted by molar-refractivity contribution is -0.128. The first kappa shape index (κ1) is 13.6. The first-order valence-corrected chi connectivity index (χ1v) is 5.84. The molecular formula is C12H24O2. The van der Waals surface area contributed by atoms with Crippen molar-refractivity contribution in [3.05, 3.63) is 0 Å². The number of carbonyl (C=O) groups excluding carboxylic acids is 1.